The number of phenolic OH excluding ortho intramolecular Hbond substituents is 1. The number of carbonyl (C=O) groups is 2. The monoisotopic (exact) mass is 308 g/mol. The fourth-order valence-corrected chi connectivity index (χ4v) is 2.13. The van der Waals surface area contributed by atoms with Crippen LogP contribution in [-0.4, -0.2) is 27.1 Å². The van der Waals surface area contributed by atoms with Crippen LogP contribution in [0.25, 0.3) is 10.9 Å². The van der Waals surface area contributed by atoms with E-state index in [2.05, 4.69) is 5.10 Å². The number of benzene rings is 1. The van der Waals surface area contributed by atoms with Crippen molar-refractivity contribution in [3.63, 3.8) is 0 Å². The Morgan fingerprint density at radius 3 is 2.27 bits per heavy atom. The van der Waals surface area contributed by atoms with E-state index in [0.29, 0.717) is 21.3 Å². The first-order valence-corrected chi connectivity index (χ1v) is 6.07. The number of primary amides is 2. The lowest BCUT2D eigenvalue weighted by Crippen LogP contribution is -2.50. The van der Waals surface area contributed by atoms with Crippen LogP contribution in [0.1, 0.15) is 11.1 Å². The Labute approximate surface area is 124 Å². The second-order valence-corrected chi connectivity index (χ2v) is 4.63. The number of fused-ring (bicyclic) bond motifs is 1. The summed E-state index contributed by atoms with van der Waals surface area (Å²) < 4.78 is 0. The van der Waals surface area contributed by atoms with Crippen LogP contribution in [0.5, 0.6) is 5.75 Å². The van der Waals surface area contributed by atoms with E-state index in [1.54, 1.807) is 13.8 Å². The summed E-state index contributed by atoms with van der Waals surface area (Å²) in [6, 6.07) is -1.94. The van der Waals surface area contributed by atoms with Gasteiger partial charge in [-0.1, -0.05) is 0 Å². The standard InChI is InChI=1S/C11H16N8O3/c1-4-5(2)9(20)6-3-16-19(18(15)11(13)22)8(6)7(4)17(14)10(12)21/h3,20H,14-15H2,1-2H3,(H2,12,21)(H2,13,22). The lowest BCUT2D eigenvalue weighted by atomic mass is 10.0. The van der Waals surface area contributed by atoms with Gasteiger partial charge in [0.2, 0.25) is 0 Å². The molecule has 0 spiro atoms. The van der Waals surface area contributed by atoms with Crippen LogP contribution in [0.4, 0.5) is 15.3 Å². The van der Waals surface area contributed by atoms with E-state index in [1.165, 1.54) is 6.20 Å². The van der Waals surface area contributed by atoms with E-state index in [4.69, 9.17) is 23.2 Å². The smallest absolute Gasteiger partial charge is 0.350 e. The van der Waals surface area contributed by atoms with E-state index < -0.39 is 12.1 Å². The van der Waals surface area contributed by atoms with E-state index in [1.807, 2.05) is 0 Å². The van der Waals surface area contributed by atoms with Gasteiger partial charge in [-0.3, -0.25) is 0 Å². The molecule has 1 aromatic carbocycles. The van der Waals surface area contributed by atoms with Gasteiger partial charge < -0.3 is 16.6 Å². The Morgan fingerprint density at radius 2 is 1.77 bits per heavy atom. The molecule has 2 aromatic rings. The minimum absolute atomic E-state index is 0.0850. The minimum atomic E-state index is -1.00. The summed E-state index contributed by atoms with van der Waals surface area (Å²) in [6.45, 7) is 3.25. The van der Waals surface area contributed by atoms with Crippen LogP contribution in [0.2, 0.25) is 0 Å². The average Bonchev–Trinajstić information content (AvgIpc) is 2.88. The van der Waals surface area contributed by atoms with Gasteiger partial charge in [0.05, 0.1) is 17.3 Å². The Bertz CT molecular complexity index is 783. The van der Waals surface area contributed by atoms with E-state index in [0.717, 1.165) is 4.79 Å². The topological polar surface area (TPSA) is 183 Å². The van der Waals surface area contributed by atoms with Gasteiger partial charge >= 0.3 is 12.1 Å². The summed E-state index contributed by atoms with van der Waals surface area (Å²) in [4.78, 5) is 23.6. The van der Waals surface area contributed by atoms with Gasteiger partial charge in [-0.25, -0.2) is 26.3 Å². The molecule has 1 aromatic heterocycles. The van der Waals surface area contributed by atoms with Gasteiger partial charge in [-0.15, -0.1) is 5.12 Å². The number of aromatic nitrogens is 2. The zero-order valence-corrected chi connectivity index (χ0v) is 11.9. The normalized spacial score (nSPS) is 10.7. The van der Waals surface area contributed by atoms with Crippen LogP contribution in [0.15, 0.2) is 6.20 Å². The number of urea groups is 2. The van der Waals surface area contributed by atoms with E-state index in [-0.39, 0.29) is 22.3 Å². The second kappa shape index (κ2) is 5.05. The van der Waals surface area contributed by atoms with Crippen molar-refractivity contribution in [3.8, 4) is 5.75 Å². The summed E-state index contributed by atoms with van der Waals surface area (Å²) >= 11 is 0. The van der Waals surface area contributed by atoms with Crippen LogP contribution < -0.4 is 33.3 Å². The summed E-state index contributed by atoms with van der Waals surface area (Å²) in [6.07, 6.45) is 1.26. The molecule has 0 aliphatic carbocycles. The molecule has 0 aliphatic heterocycles. The van der Waals surface area contributed by atoms with Crippen molar-refractivity contribution in [1.29, 1.82) is 0 Å². The van der Waals surface area contributed by atoms with Crippen molar-refractivity contribution in [1.82, 2.24) is 9.89 Å². The average molecular weight is 308 g/mol. The molecule has 0 unspecified atom stereocenters. The van der Waals surface area contributed by atoms with Crippen LogP contribution in [0, 0.1) is 13.8 Å². The molecule has 0 bridgehead atoms. The van der Waals surface area contributed by atoms with Crippen LogP contribution >= 0.6 is 0 Å². The van der Waals surface area contributed by atoms with Gasteiger partial charge in [0.15, 0.2) is 0 Å². The Balaban J connectivity index is 2.94. The molecule has 4 amide bonds. The molecule has 0 saturated heterocycles. The van der Waals surface area contributed by atoms with Crippen LogP contribution in [-0.2, 0) is 0 Å². The Morgan fingerprint density at radius 1 is 1.18 bits per heavy atom. The highest BCUT2D eigenvalue weighted by Crippen LogP contribution is 2.38. The summed E-state index contributed by atoms with van der Waals surface area (Å²) in [5.74, 6) is 11.1. The summed E-state index contributed by atoms with van der Waals surface area (Å²) in [5, 5.41) is 15.5. The van der Waals surface area contributed by atoms with E-state index in [9.17, 15) is 14.7 Å². The quantitative estimate of drug-likeness (QED) is 0.269. The van der Waals surface area contributed by atoms with Gasteiger partial charge in [0.25, 0.3) is 0 Å². The molecule has 2 rings (SSSR count). The number of amides is 4. The highest BCUT2D eigenvalue weighted by molar-refractivity contribution is 6.05. The third-order valence-corrected chi connectivity index (χ3v) is 3.41. The number of aromatic hydroxyl groups is 1. The molecule has 0 atom stereocenters. The second-order valence-electron chi connectivity index (χ2n) is 4.63. The van der Waals surface area contributed by atoms with Gasteiger partial charge in [0.1, 0.15) is 11.3 Å². The molecule has 0 aliphatic rings. The van der Waals surface area contributed by atoms with Crippen molar-refractivity contribution < 1.29 is 14.7 Å². The Hall–Kier alpha value is -3.05. The maximum Gasteiger partial charge on any atom is 0.350 e. The number of rotatable bonds is 2. The Kier molecular flexibility index (Phi) is 3.52. The molecule has 0 saturated carbocycles. The minimum Gasteiger partial charge on any atom is -0.507 e. The first-order valence-electron chi connectivity index (χ1n) is 6.07. The third-order valence-electron chi connectivity index (χ3n) is 3.41. The SMILES string of the molecule is Cc1c(C)c(N(N)C(N)=O)c2c(cnn2N(N)C(N)=O)c1O. The first-order chi connectivity index (χ1) is 10.2. The predicted octanol–water partition coefficient (Wildman–Crippen LogP) is -0.992. The number of anilines is 1. The number of hydrogen-bond acceptors (Lipinski definition) is 6. The molecular formula is C11H16N8O3. The molecule has 0 radical (unpaired) electrons. The molecule has 0 fully saturated rings. The molecule has 11 nitrogen and oxygen atoms in total. The maximum absolute atomic E-state index is 11.4. The van der Waals surface area contributed by atoms with Crippen molar-refractivity contribution in [2.45, 2.75) is 13.8 Å². The van der Waals surface area contributed by atoms with Gasteiger partial charge in [0, 0.05) is 0 Å². The third kappa shape index (κ3) is 2.04. The number of carbonyl (C=O) groups excluding carboxylic acids is 2. The molecule has 22 heavy (non-hydrogen) atoms. The lowest BCUT2D eigenvalue weighted by molar-refractivity contribution is 0.248. The largest absolute Gasteiger partial charge is 0.507 e. The van der Waals surface area contributed by atoms with Crippen LogP contribution in [0.3, 0.4) is 0 Å². The number of nitrogens with zero attached hydrogens (tertiary/aromatic N) is 4. The fourth-order valence-electron chi connectivity index (χ4n) is 2.13. The molecule has 118 valence electrons. The highest BCUT2D eigenvalue weighted by Gasteiger charge is 2.25. The predicted molar refractivity (Wildman–Crippen MR) is 79.1 cm³/mol. The zero-order valence-electron chi connectivity index (χ0n) is 11.9. The zero-order chi connectivity index (χ0) is 16.8. The number of hydrogen-bond donors (Lipinski definition) is 5. The lowest BCUT2D eigenvalue weighted by Gasteiger charge is -2.22. The summed E-state index contributed by atoms with van der Waals surface area (Å²) in [5.41, 5.74) is 11.5. The molecular weight excluding hydrogens is 292 g/mol. The van der Waals surface area contributed by atoms with Crippen molar-refractivity contribution >= 4 is 28.7 Å². The number of phenols is 1. The summed E-state index contributed by atoms with van der Waals surface area (Å²) in [7, 11) is 0. The molecule has 11 heteroatoms. The molecule has 9 N–H and O–H groups in total. The van der Waals surface area contributed by atoms with Crippen molar-refractivity contribution in [2.24, 2.45) is 23.2 Å². The van der Waals surface area contributed by atoms with Gasteiger partial charge in [-0.2, -0.15) is 9.89 Å². The number of nitrogens with two attached hydrogens (primary N) is 4. The van der Waals surface area contributed by atoms with E-state index >= 15 is 0 Å². The van der Waals surface area contributed by atoms with Gasteiger partial charge in [-0.05, 0) is 25.0 Å². The maximum atomic E-state index is 11.4. The first kappa shape index (κ1) is 15.3. The molecule has 1 heterocycles. The number of hydrazine groups is 2. The highest BCUT2D eigenvalue weighted by atomic mass is 16.3. The van der Waals surface area contributed by atoms with Crippen molar-refractivity contribution in [2.75, 3.05) is 10.1 Å². The van der Waals surface area contributed by atoms with Crippen molar-refractivity contribution in [3.05, 3.63) is 17.3 Å². The fraction of sp³-hybridized carbons (Fsp3) is 0.182.